The van der Waals surface area contributed by atoms with Gasteiger partial charge in [0.2, 0.25) is 0 Å². The predicted octanol–water partition coefficient (Wildman–Crippen LogP) is 3.66. The molecule has 1 saturated heterocycles. The van der Waals surface area contributed by atoms with Crippen molar-refractivity contribution in [1.29, 1.82) is 0 Å². The molecule has 0 radical (unpaired) electrons. The van der Waals surface area contributed by atoms with Crippen molar-refractivity contribution in [3.8, 4) is 0 Å². The van der Waals surface area contributed by atoms with Gasteiger partial charge in [0.25, 0.3) is 0 Å². The number of piperazine rings is 1. The lowest BCUT2D eigenvalue weighted by atomic mass is 9.47. The first kappa shape index (κ1) is 14.5. The van der Waals surface area contributed by atoms with Crippen LogP contribution < -0.4 is 5.32 Å². The standard InChI is InChI=1S/C19H34N2/c1-4-18-11-20-13(2)12-21(18)14(3)19-8-15-5-16(9-19)7-17(6-15)10-19/h13-18,20H,4-12H2,1-3H3. The predicted molar refractivity (Wildman–Crippen MR) is 88.3 cm³/mol. The second-order valence-corrected chi connectivity index (χ2v) is 9.02. The van der Waals surface area contributed by atoms with Gasteiger partial charge in [-0.15, -0.1) is 0 Å². The third-order valence-electron chi connectivity index (χ3n) is 7.60. The van der Waals surface area contributed by atoms with Crippen molar-refractivity contribution >= 4 is 0 Å². The number of rotatable bonds is 3. The lowest BCUT2D eigenvalue weighted by molar-refractivity contribution is -0.109. The summed E-state index contributed by atoms with van der Waals surface area (Å²) in [5.74, 6) is 3.25. The molecule has 0 aromatic rings. The lowest BCUT2D eigenvalue weighted by Gasteiger charge is -2.61. The first-order chi connectivity index (χ1) is 10.1. The first-order valence-corrected chi connectivity index (χ1v) is 9.58. The van der Waals surface area contributed by atoms with Gasteiger partial charge in [0.15, 0.2) is 0 Å². The Morgan fingerprint density at radius 2 is 1.67 bits per heavy atom. The average molecular weight is 290 g/mol. The summed E-state index contributed by atoms with van der Waals surface area (Å²) in [5, 5.41) is 3.70. The molecule has 5 fully saturated rings. The average Bonchev–Trinajstić information content (AvgIpc) is 2.45. The van der Waals surface area contributed by atoms with Gasteiger partial charge >= 0.3 is 0 Å². The quantitative estimate of drug-likeness (QED) is 0.853. The van der Waals surface area contributed by atoms with E-state index >= 15 is 0 Å². The fraction of sp³-hybridized carbons (Fsp3) is 1.00. The monoisotopic (exact) mass is 290 g/mol. The van der Waals surface area contributed by atoms with Crippen LogP contribution in [0.4, 0.5) is 0 Å². The summed E-state index contributed by atoms with van der Waals surface area (Å²) < 4.78 is 0. The minimum Gasteiger partial charge on any atom is -0.311 e. The molecule has 4 aliphatic carbocycles. The largest absolute Gasteiger partial charge is 0.311 e. The summed E-state index contributed by atoms with van der Waals surface area (Å²) in [5.41, 5.74) is 0.680. The molecule has 0 aromatic heterocycles. The Balaban J connectivity index is 1.57. The van der Waals surface area contributed by atoms with Crippen LogP contribution in [0.3, 0.4) is 0 Å². The molecule has 5 aliphatic rings. The van der Waals surface area contributed by atoms with E-state index in [9.17, 15) is 0 Å². The molecular weight excluding hydrogens is 256 g/mol. The first-order valence-electron chi connectivity index (χ1n) is 9.58. The summed E-state index contributed by atoms with van der Waals surface area (Å²) in [6, 6.07) is 2.24. The molecule has 1 aliphatic heterocycles. The maximum atomic E-state index is 3.70. The van der Waals surface area contributed by atoms with Gasteiger partial charge in [-0.2, -0.15) is 0 Å². The van der Waals surface area contributed by atoms with Gasteiger partial charge in [0, 0.05) is 31.2 Å². The van der Waals surface area contributed by atoms with Crippen LogP contribution in [0.2, 0.25) is 0 Å². The van der Waals surface area contributed by atoms with Crippen molar-refractivity contribution in [2.45, 2.75) is 83.8 Å². The van der Waals surface area contributed by atoms with Crippen molar-refractivity contribution in [1.82, 2.24) is 10.2 Å². The summed E-state index contributed by atoms with van der Waals surface area (Å²) in [6.45, 7) is 9.80. The second-order valence-electron chi connectivity index (χ2n) is 9.02. The van der Waals surface area contributed by atoms with Gasteiger partial charge in [0.05, 0.1) is 0 Å². The summed E-state index contributed by atoms with van der Waals surface area (Å²) in [7, 11) is 0. The molecule has 2 nitrogen and oxygen atoms in total. The van der Waals surface area contributed by atoms with E-state index in [4.69, 9.17) is 0 Å². The van der Waals surface area contributed by atoms with E-state index in [1.165, 1.54) is 19.5 Å². The Labute approximate surface area is 131 Å². The Morgan fingerprint density at radius 3 is 2.19 bits per heavy atom. The van der Waals surface area contributed by atoms with Crippen LogP contribution in [0.5, 0.6) is 0 Å². The van der Waals surface area contributed by atoms with Crippen LogP contribution in [-0.2, 0) is 0 Å². The van der Waals surface area contributed by atoms with Gasteiger partial charge in [0.1, 0.15) is 0 Å². The van der Waals surface area contributed by atoms with Crippen molar-refractivity contribution in [2.75, 3.05) is 13.1 Å². The van der Waals surface area contributed by atoms with Gasteiger partial charge in [-0.3, -0.25) is 4.90 Å². The molecule has 0 amide bonds. The van der Waals surface area contributed by atoms with E-state index in [1.807, 2.05) is 0 Å². The molecule has 5 rings (SSSR count). The molecular formula is C19H34N2. The summed E-state index contributed by atoms with van der Waals surface area (Å²) in [6.07, 6.45) is 10.7. The van der Waals surface area contributed by atoms with Gasteiger partial charge in [-0.1, -0.05) is 6.92 Å². The highest BCUT2D eigenvalue weighted by Crippen LogP contribution is 2.62. The van der Waals surface area contributed by atoms with Crippen LogP contribution in [0.1, 0.15) is 65.7 Å². The highest BCUT2D eigenvalue weighted by molar-refractivity contribution is 5.06. The lowest BCUT2D eigenvalue weighted by Crippen LogP contribution is -2.63. The zero-order chi connectivity index (χ0) is 14.6. The zero-order valence-electron chi connectivity index (χ0n) is 14.3. The third kappa shape index (κ3) is 2.37. The SMILES string of the molecule is CCC1CNC(C)CN1C(C)C12CC3CC(CC(C3)C1)C2. The van der Waals surface area contributed by atoms with Crippen LogP contribution in [0.25, 0.3) is 0 Å². The number of nitrogens with zero attached hydrogens (tertiary/aromatic N) is 1. The van der Waals surface area contributed by atoms with Crippen LogP contribution in [-0.4, -0.2) is 36.1 Å². The molecule has 4 bridgehead atoms. The minimum atomic E-state index is 0.671. The van der Waals surface area contributed by atoms with E-state index in [2.05, 4.69) is 31.0 Å². The molecule has 1 N–H and O–H groups in total. The minimum absolute atomic E-state index is 0.671. The van der Waals surface area contributed by atoms with E-state index in [-0.39, 0.29) is 0 Å². The number of nitrogens with one attached hydrogen (secondary N) is 1. The van der Waals surface area contributed by atoms with Crippen molar-refractivity contribution in [3.05, 3.63) is 0 Å². The van der Waals surface area contributed by atoms with E-state index < -0.39 is 0 Å². The van der Waals surface area contributed by atoms with Crippen LogP contribution >= 0.6 is 0 Å². The molecule has 0 spiro atoms. The maximum Gasteiger partial charge on any atom is 0.0221 e. The molecule has 1 heterocycles. The number of hydrogen-bond acceptors (Lipinski definition) is 2. The molecule has 21 heavy (non-hydrogen) atoms. The third-order valence-corrected chi connectivity index (χ3v) is 7.60. The molecule has 120 valence electrons. The van der Waals surface area contributed by atoms with E-state index in [1.54, 1.807) is 38.5 Å². The Bertz CT molecular complexity index is 356. The van der Waals surface area contributed by atoms with Gasteiger partial charge in [-0.25, -0.2) is 0 Å². The Hall–Kier alpha value is -0.0800. The zero-order valence-corrected chi connectivity index (χ0v) is 14.3. The van der Waals surface area contributed by atoms with E-state index in [0.29, 0.717) is 11.5 Å². The number of hydrogen-bond donors (Lipinski definition) is 1. The maximum absolute atomic E-state index is 3.70. The van der Waals surface area contributed by atoms with Gasteiger partial charge in [-0.05, 0) is 82.0 Å². The molecule has 0 aromatic carbocycles. The summed E-state index contributed by atoms with van der Waals surface area (Å²) >= 11 is 0. The topological polar surface area (TPSA) is 15.3 Å². The van der Waals surface area contributed by atoms with Crippen molar-refractivity contribution in [2.24, 2.45) is 23.2 Å². The fourth-order valence-electron chi connectivity index (χ4n) is 6.88. The molecule has 4 saturated carbocycles. The smallest absolute Gasteiger partial charge is 0.0221 e. The fourth-order valence-corrected chi connectivity index (χ4v) is 6.88. The van der Waals surface area contributed by atoms with E-state index in [0.717, 1.165) is 29.8 Å². The normalized spacial score (nSPS) is 51.3. The highest BCUT2D eigenvalue weighted by Gasteiger charge is 2.54. The van der Waals surface area contributed by atoms with Crippen molar-refractivity contribution < 1.29 is 0 Å². The van der Waals surface area contributed by atoms with Gasteiger partial charge < -0.3 is 5.32 Å². The molecule has 3 unspecified atom stereocenters. The molecule has 3 atom stereocenters. The Kier molecular flexibility index (Phi) is 3.61. The summed E-state index contributed by atoms with van der Waals surface area (Å²) in [4.78, 5) is 2.91. The van der Waals surface area contributed by atoms with Crippen molar-refractivity contribution in [3.63, 3.8) is 0 Å². The second kappa shape index (κ2) is 5.23. The highest BCUT2D eigenvalue weighted by atomic mass is 15.3. The van der Waals surface area contributed by atoms with Crippen LogP contribution in [0.15, 0.2) is 0 Å². The van der Waals surface area contributed by atoms with Crippen LogP contribution in [0, 0.1) is 23.2 Å². The Morgan fingerprint density at radius 1 is 1.10 bits per heavy atom. The molecule has 2 heteroatoms.